The molecule has 0 spiro atoms. The molecule has 1 saturated heterocycles. The Bertz CT molecular complexity index is 1670. The summed E-state index contributed by atoms with van der Waals surface area (Å²) in [6, 6.07) is 19.6. The number of nitrogens with zero attached hydrogens (tertiary/aromatic N) is 2. The number of para-hydroxylation sites is 1. The second kappa shape index (κ2) is 12.0. The molecule has 6 rings (SSSR count). The van der Waals surface area contributed by atoms with Gasteiger partial charge in [0.15, 0.2) is 0 Å². The zero-order chi connectivity index (χ0) is 30.0. The van der Waals surface area contributed by atoms with Gasteiger partial charge in [0, 0.05) is 42.1 Å². The van der Waals surface area contributed by atoms with Crippen molar-refractivity contribution in [2.75, 3.05) is 26.2 Å². The number of ether oxygens (including phenoxy) is 1. The molecular weight excluding hydrogens is 575 g/mol. The molecule has 3 heterocycles. The first-order chi connectivity index (χ1) is 20.8. The van der Waals surface area contributed by atoms with Crippen LogP contribution in [0, 0.1) is 0 Å². The van der Waals surface area contributed by atoms with E-state index in [1.165, 1.54) is 23.5 Å². The maximum Gasteiger partial charge on any atom is 0.416 e. The fourth-order valence-corrected chi connectivity index (χ4v) is 6.36. The highest BCUT2D eigenvalue weighted by atomic mass is 32.1. The van der Waals surface area contributed by atoms with E-state index in [0.29, 0.717) is 61.5 Å². The minimum absolute atomic E-state index is 0.131. The average Bonchev–Trinajstić information content (AvgIpc) is 3.54. The van der Waals surface area contributed by atoms with Gasteiger partial charge in [-0.05, 0) is 59.9 Å². The molecule has 0 radical (unpaired) electrons. The quantitative estimate of drug-likeness (QED) is 0.256. The van der Waals surface area contributed by atoms with Gasteiger partial charge in [-0.1, -0.05) is 48.5 Å². The van der Waals surface area contributed by atoms with Crippen LogP contribution in [0.5, 0.6) is 5.75 Å². The number of thiazole rings is 1. The summed E-state index contributed by atoms with van der Waals surface area (Å²) in [7, 11) is 0. The van der Waals surface area contributed by atoms with Crippen molar-refractivity contribution >= 4 is 29.2 Å². The third-order valence-electron chi connectivity index (χ3n) is 7.73. The maximum absolute atomic E-state index is 13.5. The summed E-state index contributed by atoms with van der Waals surface area (Å²) in [5, 5.41) is 5.57. The van der Waals surface area contributed by atoms with Gasteiger partial charge in [-0.25, -0.2) is 4.98 Å². The number of halogens is 3. The average molecular weight is 604 g/mol. The van der Waals surface area contributed by atoms with Crippen molar-refractivity contribution in [3.63, 3.8) is 0 Å². The molecule has 1 N–H and O–H groups in total. The van der Waals surface area contributed by atoms with Gasteiger partial charge in [0.1, 0.15) is 18.1 Å². The van der Waals surface area contributed by atoms with Crippen LogP contribution >= 0.6 is 11.3 Å². The molecule has 3 aromatic carbocycles. The summed E-state index contributed by atoms with van der Waals surface area (Å²) in [4.78, 5) is 32.7. The first-order valence-electron chi connectivity index (χ1n) is 14.0. The van der Waals surface area contributed by atoms with Crippen LogP contribution in [0.2, 0.25) is 0 Å². The molecule has 10 heteroatoms. The summed E-state index contributed by atoms with van der Waals surface area (Å²) >= 11 is 1.45. The number of carbonyl (C=O) groups is 2. The summed E-state index contributed by atoms with van der Waals surface area (Å²) in [5.74, 6) is 0.566. The highest BCUT2D eigenvalue weighted by molar-refractivity contribution is 7.09. The van der Waals surface area contributed by atoms with E-state index in [9.17, 15) is 22.8 Å². The van der Waals surface area contributed by atoms with E-state index in [1.54, 1.807) is 34.5 Å². The van der Waals surface area contributed by atoms with Gasteiger partial charge in [0.05, 0.1) is 10.6 Å². The van der Waals surface area contributed by atoms with Crippen molar-refractivity contribution in [3.05, 3.63) is 111 Å². The third-order valence-corrected chi connectivity index (χ3v) is 8.74. The SMILES string of the molecule is O=C(NCC1=Cc2ccccc2OC1)c1csc(C2CCN(C(=O)c3ccccc3-c3ccc(C(F)(F)F)cc3)CC2)n1. The number of fused-ring (bicyclic) bond motifs is 1. The predicted molar refractivity (Wildman–Crippen MR) is 159 cm³/mol. The molecule has 2 amide bonds. The van der Waals surface area contributed by atoms with Crippen molar-refractivity contribution in [3.8, 4) is 16.9 Å². The number of amides is 2. The number of piperidine rings is 1. The molecule has 0 unspecified atom stereocenters. The van der Waals surface area contributed by atoms with Crippen molar-refractivity contribution in [1.82, 2.24) is 15.2 Å². The number of benzene rings is 3. The lowest BCUT2D eigenvalue weighted by molar-refractivity contribution is -0.137. The minimum Gasteiger partial charge on any atom is -0.489 e. The highest BCUT2D eigenvalue weighted by Crippen LogP contribution is 2.34. The maximum atomic E-state index is 13.5. The smallest absolute Gasteiger partial charge is 0.416 e. The van der Waals surface area contributed by atoms with Gasteiger partial charge in [0.2, 0.25) is 0 Å². The molecule has 1 fully saturated rings. The molecular formula is C33H28F3N3O3S. The molecule has 2 aliphatic heterocycles. The van der Waals surface area contributed by atoms with E-state index >= 15 is 0 Å². The Morgan fingerprint density at radius 1 is 0.977 bits per heavy atom. The molecule has 43 heavy (non-hydrogen) atoms. The van der Waals surface area contributed by atoms with Crippen LogP contribution in [0.4, 0.5) is 13.2 Å². The molecule has 220 valence electrons. The zero-order valence-electron chi connectivity index (χ0n) is 23.1. The number of hydrogen-bond donors (Lipinski definition) is 1. The number of nitrogens with one attached hydrogen (secondary N) is 1. The number of carbonyl (C=O) groups excluding carboxylic acids is 2. The summed E-state index contributed by atoms with van der Waals surface area (Å²) in [6.45, 7) is 1.82. The molecule has 6 nitrogen and oxygen atoms in total. The molecule has 2 aliphatic rings. The van der Waals surface area contributed by atoms with Gasteiger partial charge in [0.25, 0.3) is 11.8 Å². The largest absolute Gasteiger partial charge is 0.489 e. The van der Waals surface area contributed by atoms with E-state index in [1.807, 2.05) is 30.3 Å². The molecule has 0 aliphatic carbocycles. The van der Waals surface area contributed by atoms with E-state index in [2.05, 4.69) is 10.3 Å². The normalized spacial score (nSPS) is 15.3. The molecule has 4 aromatic rings. The number of hydrogen-bond acceptors (Lipinski definition) is 5. The van der Waals surface area contributed by atoms with Gasteiger partial charge in [-0.2, -0.15) is 13.2 Å². The van der Waals surface area contributed by atoms with Crippen molar-refractivity contribution in [2.24, 2.45) is 0 Å². The number of aromatic nitrogens is 1. The second-order valence-electron chi connectivity index (χ2n) is 10.6. The Morgan fingerprint density at radius 2 is 1.70 bits per heavy atom. The van der Waals surface area contributed by atoms with Gasteiger partial charge in [-0.15, -0.1) is 11.3 Å². The fraction of sp³-hybridized carbons (Fsp3) is 0.242. The summed E-state index contributed by atoms with van der Waals surface area (Å²) < 4.78 is 44.8. The first-order valence-corrected chi connectivity index (χ1v) is 14.8. The van der Waals surface area contributed by atoms with E-state index < -0.39 is 11.7 Å². The van der Waals surface area contributed by atoms with Crippen LogP contribution in [0.25, 0.3) is 17.2 Å². The Balaban J connectivity index is 1.05. The summed E-state index contributed by atoms with van der Waals surface area (Å²) in [5.41, 5.74) is 3.21. The lowest BCUT2D eigenvalue weighted by Crippen LogP contribution is -2.38. The lowest BCUT2D eigenvalue weighted by atomic mass is 9.94. The van der Waals surface area contributed by atoms with Crippen LogP contribution in [-0.2, 0) is 6.18 Å². The fourth-order valence-electron chi connectivity index (χ4n) is 5.39. The standard InChI is InChI=1S/C33H28F3N3O3S/c34-33(35,36)25-11-9-22(10-12-25)26-6-2-3-7-27(26)32(41)39-15-13-23(14-16-39)31-38-28(20-43-31)30(40)37-18-21-17-24-5-1-4-8-29(24)42-19-21/h1-12,17,20,23H,13-16,18-19H2,(H,37,40). The van der Waals surface area contributed by atoms with Crippen LogP contribution in [0.15, 0.2) is 83.7 Å². The Morgan fingerprint density at radius 3 is 2.47 bits per heavy atom. The van der Waals surface area contributed by atoms with E-state index in [-0.39, 0.29) is 17.7 Å². The molecule has 0 bridgehead atoms. The monoisotopic (exact) mass is 603 g/mol. The van der Waals surface area contributed by atoms with Crippen LogP contribution in [0.3, 0.4) is 0 Å². The van der Waals surface area contributed by atoms with E-state index in [0.717, 1.165) is 34.0 Å². The number of likely N-dealkylation sites (tertiary alicyclic amines) is 1. The van der Waals surface area contributed by atoms with Crippen molar-refractivity contribution < 1.29 is 27.5 Å². The second-order valence-corrected chi connectivity index (χ2v) is 11.5. The Kier molecular flexibility index (Phi) is 8.03. The Labute approximate surface area is 250 Å². The van der Waals surface area contributed by atoms with Crippen molar-refractivity contribution in [2.45, 2.75) is 24.9 Å². The minimum atomic E-state index is -4.42. The van der Waals surface area contributed by atoms with Gasteiger partial charge >= 0.3 is 6.18 Å². The van der Waals surface area contributed by atoms with Crippen LogP contribution in [0.1, 0.15) is 55.7 Å². The summed E-state index contributed by atoms with van der Waals surface area (Å²) in [6.07, 6.45) is -0.989. The first kappa shape index (κ1) is 28.7. The lowest BCUT2D eigenvalue weighted by Gasteiger charge is -2.31. The van der Waals surface area contributed by atoms with Gasteiger partial charge in [-0.3, -0.25) is 9.59 Å². The Hall–Kier alpha value is -4.44. The predicted octanol–water partition coefficient (Wildman–Crippen LogP) is 7.05. The van der Waals surface area contributed by atoms with Crippen molar-refractivity contribution in [1.29, 1.82) is 0 Å². The van der Waals surface area contributed by atoms with E-state index in [4.69, 9.17) is 4.74 Å². The molecule has 1 aromatic heterocycles. The zero-order valence-corrected chi connectivity index (χ0v) is 23.9. The molecule has 0 saturated carbocycles. The highest BCUT2D eigenvalue weighted by Gasteiger charge is 2.31. The molecule has 0 atom stereocenters. The van der Waals surface area contributed by atoms with Crippen LogP contribution in [-0.4, -0.2) is 47.9 Å². The third kappa shape index (κ3) is 6.34. The van der Waals surface area contributed by atoms with Crippen LogP contribution < -0.4 is 10.1 Å². The topological polar surface area (TPSA) is 71.5 Å². The number of rotatable bonds is 6. The van der Waals surface area contributed by atoms with Gasteiger partial charge < -0.3 is 15.0 Å². The number of alkyl halides is 3.